The molecule has 84 valence electrons. The Hall–Kier alpha value is -0.660. The Morgan fingerprint density at radius 1 is 1.43 bits per heavy atom. The molecule has 0 atom stereocenters. The van der Waals surface area contributed by atoms with Crippen LogP contribution >= 0.6 is 0 Å². The first-order chi connectivity index (χ1) is 6.44. The van der Waals surface area contributed by atoms with Crippen LogP contribution in [-0.2, 0) is 15.0 Å². The maximum absolute atomic E-state index is 11.4. The summed E-state index contributed by atoms with van der Waals surface area (Å²) in [6.07, 6.45) is 0.670. The second kappa shape index (κ2) is 5.94. The molecule has 0 aliphatic carbocycles. The number of nitrogens with one attached hydrogen (secondary N) is 1. The van der Waals surface area contributed by atoms with Gasteiger partial charge in [-0.1, -0.05) is 13.8 Å². The standard InChI is InChI=1S/C7H16N2O4S/c1-3-5-8-14(12,13)9(4-2)6-7(10)11/h8H,3-6H2,1-2H3,(H,10,11). The van der Waals surface area contributed by atoms with Crippen molar-refractivity contribution in [3.8, 4) is 0 Å². The quantitative estimate of drug-likeness (QED) is 0.618. The number of likely N-dealkylation sites (N-methyl/N-ethyl adjacent to an activating group) is 1. The van der Waals surface area contributed by atoms with Gasteiger partial charge >= 0.3 is 5.97 Å². The Morgan fingerprint density at radius 2 is 2.00 bits per heavy atom. The minimum Gasteiger partial charge on any atom is -0.480 e. The van der Waals surface area contributed by atoms with Gasteiger partial charge in [0.2, 0.25) is 0 Å². The molecular formula is C7H16N2O4S. The van der Waals surface area contributed by atoms with Gasteiger partial charge in [-0.05, 0) is 6.42 Å². The molecule has 0 saturated carbocycles. The van der Waals surface area contributed by atoms with Crippen LogP contribution in [0.5, 0.6) is 0 Å². The van der Waals surface area contributed by atoms with Gasteiger partial charge in [0.15, 0.2) is 0 Å². The van der Waals surface area contributed by atoms with Crippen LogP contribution in [0.2, 0.25) is 0 Å². The van der Waals surface area contributed by atoms with E-state index in [2.05, 4.69) is 4.72 Å². The van der Waals surface area contributed by atoms with E-state index >= 15 is 0 Å². The van der Waals surface area contributed by atoms with Crippen LogP contribution in [-0.4, -0.2) is 43.4 Å². The molecule has 0 spiro atoms. The summed E-state index contributed by atoms with van der Waals surface area (Å²) in [4.78, 5) is 10.4. The highest BCUT2D eigenvalue weighted by molar-refractivity contribution is 7.87. The van der Waals surface area contributed by atoms with Crippen LogP contribution in [0.1, 0.15) is 20.3 Å². The third kappa shape index (κ3) is 4.54. The maximum atomic E-state index is 11.4. The van der Waals surface area contributed by atoms with Crippen molar-refractivity contribution in [3.05, 3.63) is 0 Å². The highest BCUT2D eigenvalue weighted by Gasteiger charge is 2.21. The van der Waals surface area contributed by atoms with Gasteiger partial charge in [-0.15, -0.1) is 0 Å². The van der Waals surface area contributed by atoms with E-state index in [0.29, 0.717) is 13.0 Å². The molecule has 0 aromatic heterocycles. The summed E-state index contributed by atoms with van der Waals surface area (Å²) in [6.45, 7) is 3.38. The predicted octanol–water partition coefficient (Wildman–Crippen LogP) is -0.363. The van der Waals surface area contributed by atoms with Crippen molar-refractivity contribution >= 4 is 16.2 Å². The minimum atomic E-state index is -3.63. The summed E-state index contributed by atoms with van der Waals surface area (Å²) >= 11 is 0. The molecule has 14 heavy (non-hydrogen) atoms. The van der Waals surface area contributed by atoms with E-state index in [1.165, 1.54) is 0 Å². The van der Waals surface area contributed by atoms with E-state index in [-0.39, 0.29) is 6.54 Å². The van der Waals surface area contributed by atoms with Gasteiger partial charge in [-0.3, -0.25) is 4.79 Å². The first-order valence-corrected chi connectivity index (χ1v) is 5.84. The van der Waals surface area contributed by atoms with Gasteiger partial charge in [0, 0.05) is 13.1 Å². The van der Waals surface area contributed by atoms with Crippen molar-refractivity contribution in [2.75, 3.05) is 19.6 Å². The number of rotatable bonds is 7. The Bertz CT molecular complexity index is 275. The summed E-state index contributed by atoms with van der Waals surface area (Å²) < 4.78 is 26.0. The average Bonchev–Trinajstić information content (AvgIpc) is 2.10. The fraction of sp³-hybridized carbons (Fsp3) is 0.857. The van der Waals surface area contributed by atoms with Crippen molar-refractivity contribution in [1.29, 1.82) is 0 Å². The Kier molecular flexibility index (Phi) is 5.66. The van der Waals surface area contributed by atoms with Crippen molar-refractivity contribution < 1.29 is 18.3 Å². The van der Waals surface area contributed by atoms with Crippen molar-refractivity contribution in [2.24, 2.45) is 0 Å². The molecule has 7 heteroatoms. The number of nitrogens with zero attached hydrogens (tertiary/aromatic N) is 1. The minimum absolute atomic E-state index is 0.144. The van der Waals surface area contributed by atoms with Gasteiger partial charge in [-0.25, -0.2) is 4.72 Å². The molecule has 0 rings (SSSR count). The van der Waals surface area contributed by atoms with Crippen LogP contribution in [0, 0.1) is 0 Å². The SMILES string of the molecule is CCCNS(=O)(=O)N(CC)CC(=O)O. The lowest BCUT2D eigenvalue weighted by atomic mass is 10.5. The van der Waals surface area contributed by atoms with Gasteiger partial charge in [0.05, 0.1) is 0 Å². The van der Waals surface area contributed by atoms with Crippen LogP contribution < -0.4 is 4.72 Å². The molecule has 0 aliphatic heterocycles. The predicted molar refractivity (Wildman–Crippen MR) is 52.1 cm³/mol. The van der Waals surface area contributed by atoms with E-state index < -0.39 is 22.7 Å². The zero-order valence-corrected chi connectivity index (χ0v) is 9.17. The molecule has 0 saturated heterocycles. The fourth-order valence-corrected chi connectivity index (χ4v) is 2.10. The Labute approximate surface area is 84.1 Å². The smallest absolute Gasteiger partial charge is 0.318 e. The number of carboxylic acids is 1. The van der Waals surface area contributed by atoms with Crippen molar-refractivity contribution in [1.82, 2.24) is 9.03 Å². The zero-order valence-electron chi connectivity index (χ0n) is 8.36. The van der Waals surface area contributed by atoms with E-state index in [1.807, 2.05) is 6.92 Å². The van der Waals surface area contributed by atoms with E-state index in [4.69, 9.17) is 5.11 Å². The molecule has 0 heterocycles. The molecule has 0 aromatic carbocycles. The zero-order chi connectivity index (χ0) is 11.2. The number of aliphatic carboxylic acids is 1. The van der Waals surface area contributed by atoms with E-state index in [0.717, 1.165) is 4.31 Å². The molecule has 0 bridgehead atoms. The molecule has 6 nitrogen and oxygen atoms in total. The molecule has 0 amide bonds. The summed E-state index contributed by atoms with van der Waals surface area (Å²) in [5.41, 5.74) is 0. The Morgan fingerprint density at radius 3 is 2.36 bits per heavy atom. The molecule has 0 aromatic rings. The number of hydrogen-bond acceptors (Lipinski definition) is 3. The van der Waals surface area contributed by atoms with E-state index in [9.17, 15) is 13.2 Å². The summed E-state index contributed by atoms with van der Waals surface area (Å²) in [5, 5.41) is 8.47. The molecule has 0 unspecified atom stereocenters. The monoisotopic (exact) mass is 224 g/mol. The Balaban J connectivity index is 4.41. The molecular weight excluding hydrogens is 208 g/mol. The highest BCUT2D eigenvalue weighted by Crippen LogP contribution is 1.96. The van der Waals surface area contributed by atoms with Crippen molar-refractivity contribution in [2.45, 2.75) is 20.3 Å². The average molecular weight is 224 g/mol. The molecule has 0 fully saturated rings. The third-order valence-corrected chi connectivity index (χ3v) is 3.17. The van der Waals surface area contributed by atoms with Crippen LogP contribution in [0.4, 0.5) is 0 Å². The second-order valence-electron chi connectivity index (χ2n) is 2.72. The molecule has 2 N–H and O–H groups in total. The molecule has 0 radical (unpaired) electrons. The summed E-state index contributed by atoms with van der Waals surface area (Å²) in [7, 11) is -3.63. The third-order valence-electron chi connectivity index (χ3n) is 1.54. The fourth-order valence-electron chi connectivity index (χ4n) is 0.840. The second-order valence-corrected chi connectivity index (χ2v) is 4.47. The summed E-state index contributed by atoms with van der Waals surface area (Å²) in [5.74, 6) is -1.16. The first-order valence-electron chi connectivity index (χ1n) is 4.40. The van der Waals surface area contributed by atoms with Gasteiger partial charge in [0.25, 0.3) is 10.2 Å². The number of hydrogen-bond donors (Lipinski definition) is 2. The number of carbonyl (C=O) groups is 1. The summed E-state index contributed by atoms with van der Waals surface area (Å²) in [6, 6.07) is 0. The van der Waals surface area contributed by atoms with Gasteiger partial charge < -0.3 is 5.11 Å². The van der Waals surface area contributed by atoms with Crippen LogP contribution in [0.15, 0.2) is 0 Å². The van der Waals surface area contributed by atoms with Crippen LogP contribution in [0.25, 0.3) is 0 Å². The number of carboxylic acid groups (broad SMARTS) is 1. The topological polar surface area (TPSA) is 86.7 Å². The lowest BCUT2D eigenvalue weighted by molar-refractivity contribution is -0.137. The first kappa shape index (κ1) is 13.3. The normalized spacial score (nSPS) is 11.9. The van der Waals surface area contributed by atoms with Crippen molar-refractivity contribution in [3.63, 3.8) is 0 Å². The lowest BCUT2D eigenvalue weighted by Gasteiger charge is -2.18. The van der Waals surface area contributed by atoms with Gasteiger partial charge in [-0.2, -0.15) is 12.7 Å². The van der Waals surface area contributed by atoms with Gasteiger partial charge in [0.1, 0.15) is 6.54 Å². The largest absolute Gasteiger partial charge is 0.480 e. The molecule has 0 aliphatic rings. The lowest BCUT2D eigenvalue weighted by Crippen LogP contribution is -2.43. The van der Waals surface area contributed by atoms with Crippen LogP contribution in [0.3, 0.4) is 0 Å². The maximum Gasteiger partial charge on any atom is 0.318 e. The van der Waals surface area contributed by atoms with E-state index in [1.54, 1.807) is 6.92 Å². The highest BCUT2D eigenvalue weighted by atomic mass is 32.2.